The molecule has 0 saturated heterocycles. The molecule has 0 aliphatic carbocycles. The van der Waals surface area contributed by atoms with Crippen LogP contribution in [0.5, 0.6) is 5.75 Å². The average Bonchev–Trinajstić information content (AvgIpc) is 2.85. The molecule has 3 aromatic rings. The summed E-state index contributed by atoms with van der Waals surface area (Å²) in [5.41, 5.74) is 1.72. The van der Waals surface area contributed by atoms with Gasteiger partial charge in [-0.15, -0.1) is 12.4 Å². The molecule has 0 heterocycles. The highest BCUT2D eigenvalue weighted by molar-refractivity contribution is 7.91. The molecule has 0 aliphatic heterocycles. The van der Waals surface area contributed by atoms with Crippen molar-refractivity contribution < 1.29 is 27.8 Å². The Balaban J connectivity index is 0.00000481. The summed E-state index contributed by atoms with van der Waals surface area (Å²) in [4.78, 5) is 11.9. The van der Waals surface area contributed by atoms with Crippen LogP contribution in [0.3, 0.4) is 0 Å². The summed E-state index contributed by atoms with van der Waals surface area (Å²) in [6.45, 7) is 4.24. The molecule has 0 aliphatic rings. The molecule has 2 N–H and O–H groups in total. The number of carbonyl (C=O) groups excluding carboxylic acids is 1. The number of halogens is 2. The van der Waals surface area contributed by atoms with Crippen LogP contribution < -0.4 is 10.1 Å². The number of aliphatic hydroxyl groups excluding tert-OH is 1. The van der Waals surface area contributed by atoms with Crippen molar-refractivity contribution in [3.63, 3.8) is 0 Å². The Bertz CT molecular complexity index is 1250. The van der Waals surface area contributed by atoms with Gasteiger partial charge in [0, 0.05) is 11.6 Å². The van der Waals surface area contributed by atoms with Crippen LogP contribution in [0.1, 0.15) is 31.1 Å². The second kappa shape index (κ2) is 14.4. The van der Waals surface area contributed by atoms with E-state index >= 15 is 0 Å². The Kier molecular flexibility index (Phi) is 11.9. The van der Waals surface area contributed by atoms with E-state index in [2.05, 4.69) is 5.32 Å². The maximum absolute atomic E-state index is 13.0. The largest absolute Gasteiger partial charge is 0.482 e. The fourth-order valence-electron chi connectivity index (χ4n) is 3.43. The lowest BCUT2D eigenvalue weighted by molar-refractivity contribution is -0.149. The summed E-state index contributed by atoms with van der Waals surface area (Å²) in [5, 5.41) is 14.0. The van der Waals surface area contributed by atoms with Crippen LogP contribution in [0.2, 0.25) is 5.02 Å². The standard InChI is InChI=1S/C27H30ClNO6S.ClH/c1-19(2)35-27(31)18-34-23-8-12-25(13-9-23)36(32,33)24-10-6-20(7-11-24)14-15-29-17-26(30)21-4-3-5-22(28)16-21;/h3-13,16,19,26,29-30H,14-15,17-18H2,1-2H3;1H/t26-;/m0./s1. The van der Waals surface area contributed by atoms with Crippen LogP contribution in [0, 0.1) is 0 Å². The summed E-state index contributed by atoms with van der Waals surface area (Å²) in [5.74, 6) is -0.118. The number of carbonyl (C=O) groups is 1. The SMILES string of the molecule is CC(C)OC(=O)COc1ccc(S(=O)(=O)c2ccc(CCNC[C@H](O)c3cccc(Cl)c3)cc2)cc1.Cl. The van der Waals surface area contributed by atoms with E-state index in [1.165, 1.54) is 24.3 Å². The van der Waals surface area contributed by atoms with Crippen LogP contribution in [0.15, 0.2) is 82.6 Å². The average molecular weight is 569 g/mol. The topological polar surface area (TPSA) is 102 Å². The summed E-state index contributed by atoms with van der Waals surface area (Å²) in [7, 11) is -3.70. The first kappa shape index (κ1) is 30.6. The number of hydrogen-bond donors (Lipinski definition) is 2. The van der Waals surface area contributed by atoms with Gasteiger partial charge in [-0.1, -0.05) is 35.9 Å². The van der Waals surface area contributed by atoms with Crippen molar-refractivity contribution in [3.05, 3.63) is 88.9 Å². The molecule has 0 spiro atoms. The van der Waals surface area contributed by atoms with Crippen molar-refractivity contribution >= 4 is 39.8 Å². The molecule has 3 aromatic carbocycles. The maximum Gasteiger partial charge on any atom is 0.344 e. The van der Waals surface area contributed by atoms with Gasteiger partial charge >= 0.3 is 5.97 Å². The normalized spacial score (nSPS) is 12.0. The fourth-order valence-corrected chi connectivity index (χ4v) is 4.89. The molecule has 1 atom stereocenters. The van der Waals surface area contributed by atoms with Crippen molar-refractivity contribution in [3.8, 4) is 5.75 Å². The molecule has 0 bridgehead atoms. The second-order valence-electron chi connectivity index (χ2n) is 8.47. The quantitative estimate of drug-likeness (QED) is 0.239. The molecule has 7 nitrogen and oxygen atoms in total. The van der Waals surface area contributed by atoms with Gasteiger partial charge in [-0.2, -0.15) is 0 Å². The molecule has 0 unspecified atom stereocenters. The predicted octanol–water partition coefficient (Wildman–Crippen LogP) is 4.79. The van der Waals surface area contributed by atoms with Gasteiger partial charge in [-0.3, -0.25) is 0 Å². The van der Waals surface area contributed by atoms with E-state index in [-0.39, 0.29) is 34.9 Å². The number of benzene rings is 3. The zero-order chi connectivity index (χ0) is 26.1. The predicted molar refractivity (Wildman–Crippen MR) is 145 cm³/mol. The summed E-state index contributed by atoms with van der Waals surface area (Å²) in [6, 6.07) is 19.7. The Morgan fingerprint density at radius 1 is 1.00 bits per heavy atom. The maximum atomic E-state index is 13.0. The minimum Gasteiger partial charge on any atom is -0.482 e. The molecule has 10 heteroatoms. The Morgan fingerprint density at radius 2 is 1.62 bits per heavy atom. The molecule has 0 amide bonds. The van der Waals surface area contributed by atoms with E-state index in [1.807, 2.05) is 6.07 Å². The number of rotatable bonds is 12. The lowest BCUT2D eigenvalue weighted by Crippen LogP contribution is -2.23. The number of sulfone groups is 1. The molecule has 0 saturated carbocycles. The number of nitrogens with one attached hydrogen (secondary N) is 1. The Hall–Kier alpha value is -2.62. The first-order valence-electron chi connectivity index (χ1n) is 11.6. The van der Waals surface area contributed by atoms with Crippen LogP contribution in [0.4, 0.5) is 0 Å². The van der Waals surface area contributed by atoms with E-state index in [0.717, 1.165) is 11.1 Å². The van der Waals surface area contributed by atoms with Crippen LogP contribution in [-0.4, -0.2) is 45.3 Å². The van der Waals surface area contributed by atoms with Gasteiger partial charge in [0.15, 0.2) is 6.61 Å². The number of aliphatic hydroxyl groups is 1. The van der Waals surface area contributed by atoms with E-state index in [9.17, 15) is 18.3 Å². The molecular weight excluding hydrogens is 537 g/mol. The van der Waals surface area contributed by atoms with Crippen molar-refractivity contribution in [2.24, 2.45) is 0 Å². The molecule has 3 rings (SSSR count). The third-order valence-electron chi connectivity index (χ3n) is 5.25. The summed E-state index contributed by atoms with van der Waals surface area (Å²) in [6.07, 6.45) is -0.223. The van der Waals surface area contributed by atoms with Crippen LogP contribution in [0.25, 0.3) is 0 Å². The fraction of sp³-hybridized carbons (Fsp3) is 0.296. The highest BCUT2D eigenvalue weighted by Gasteiger charge is 2.18. The van der Waals surface area contributed by atoms with Crippen molar-refractivity contribution in [2.45, 2.75) is 42.3 Å². The second-order valence-corrected chi connectivity index (χ2v) is 10.9. The lowest BCUT2D eigenvalue weighted by Gasteiger charge is -2.13. The van der Waals surface area contributed by atoms with E-state index in [0.29, 0.717) is 30.3 Å². The van der Waals surface area contributed by atoms with Gasteiger partial charge in [0.05, 0.1) is 22.0 Å². The smallest absolute Gasteiger partial charge is 0.344 e. The van der Waals surface area contributed by atoms with E-state index in [4.69, 9.17) is 21.1 Å². The van der Waals surface area contributed by atoms with Gasteiger partial charge in [0.25, 0.3) is 0 Å². The van der Waals surface area contributed by atoms with Gasteiger partial charge in [0.2, 0.25) is 9.84 Å². The molecular formula is C27H31Cl2NO6S. The molecule has 37 heavy (non-hydrogen) atoms. The molecule has 200 valence electrons. The van der Waals surface area contributed by atoms with Crippen molar-refractivity contribution in [1.29, 1.82) is 0 Å². The highest BCUT2D eigenvalue weighted by atomic mass is 35.5. The minimum absolute atomic E-state index is 0. The van der Waals surface area contributed by atoms with Gasteiger partial charge < -0.3 is 19.9 Å². The van der Waals surface area contributed by atoms with E-state index in [1.54, 1.807) is 56.3 Å². The van der Waals surface area contributed by atoms with Crippen molar-refractivity contribution in [1.82, 2.24) is 5.32 Å². The minimum atomic E-state index is -3.70. The van der Waals surface area contributed by atoms with Gasteiger partial charge in [0.1, 0.15) is 5.75 Å². The molecule has 0 aromatic heterocycles. The van der Waals surface area contributed by atoms with Gasteiger partial charge in [-0.25, -0.2) is 13.2 Å². The first-order chi connectivity index (χ1) is 17.1. The Labute approximate surface area is 229 Å². The van der Waals surface area contributed by atoms with Crippen molar-refractivity contribution in [2.75, 3.05) is 19.7 Å². The summed E-state index contributed by atoms with van der Waals surface area (Å²) < 4.78 is 36.3. The number of esters is 1. The van der Waals surface area contributed by atoms with Crippen LogP contribution in [-0.2, 0) is 25.8 Å². The number of hydrogen-bond acceptors (Lipinski definition) is 7. The third-order valence-corrected chi connectivity index (χ3v) is 7.27. The molecule has 0 fully saturated rings. The first-order valence-corrected chi connectivity index (χ1v) is 13.4. The Morgan fingerprint density at radius 3 is 2.22 bits per heavy atom. The summed E-state index contributed by atoms with van der Waals surface area (Å²) >= 11 is 5.96. The van der Waals surface area contributed by atoms with E-state index < -0.39 is 21.9 Å². The monoisotopic (exact) mass is 567 g/mol. The zero-order valence-corrected chi connectivity index (χ0v) is 23.0. The zero-order valence-electron chi connectivity index (χ0n) is 20.6. The number of ether oxygens (including phenoxy) is 2. The van der Waals surface area contributed by atoms with Gasteiger partial charge in [-0.05, 0) is 86.5 Å². The van der Waals surface area contributed by atoms with Crippen LogP contribution >= 0.6 is 24.0 Å². The lowest BCUT2D eigenvalue weighted by atomic mass is 10.1. The molecule has 0 radical (unpaired) electrons. The highest BCUT2D eigenvalue weighted by Crippen LogP contribution is 2.24. The third kappa shape index (κ3) is 9.32.